The van der Waals surface area contributed by atoms with Crippen molar-refractivity contribution < 1.29 is 9.15 Å². The zero-order valence-electron chi connectivity index (χ0n) is 11.7. The monoisotopic (exact) mass is 333 g/mol. The molecule has 6 heteroatoms. The van der Waals surface area contributed by atoms with E-state index in [0.29, 0.717) is 32.7 Å². The molecule has 1 aromatic heterocycles. The van der Waals surface area contributed by atoms with E-state index in [1.54, 1.807) is 25.3 Å². The number of aromatic nitrogens is 1. The lowest BCUT2D eigenvalue weighted by Gasteiger charge is -2.05. The summed E-state index contributed by atoms with van der Waals surface area (Å²) in [6, 6.07) is 12.7. The van der Waals surface area contributed by atoms with Crippen molar-refractivity contribution in [3.8, 4) is 5.75 Å². The van der Waals surface area contributed by atoms with Gasteiger partial charge in [0.1, 0.15) is 11.3 Å². The third-order valence-corrected chi connectivity index (χ3v) is 4.25. The first-order chi connectivity index (χ1) is 10.7. The van der Waals surface area contributed by atoms with Crippen LogP contribution in [0.4, 0.5) is 0 Å². The molecule has 0 radical (unpaired) electrons. The molecule has 0 fully saturated rings. The van der Waals surface area contributed by atoms with E-state index in [0.717, 1.165) is 5.56 Å². The summed E-state index contributed by atoms with van der Waals surface area (Å²) in [4.78, 5) is 16.4. The lowest BCUT2D eigenvalue weighted by atomic mass is 10.2. The first-order valence-electron chi connectivity index (χ1n) is 6.52. The van der Waals surface area contributed by atoms with Crippen molar-refractivity contribution in [2.24, 2.45) is 0 Å². The third kappa shape index (κ3) is 3.10. The minimum atomic E-state index is -0.414. The molecule has 1 heterocycles. The van der Waals surface area contributed by atoms with Gasteiger partial charge in [-0.15, -0.1) is 0 Å². The zero-order valence-corrected chi connectivity index (χ0v) is 13.3. The van der Waals surface area contributed by atoms with E-state index >= 15 is 0 Å². The molecule has 2 aromatic carbocycles. The van der Waals surface area contributed by atoms with Crippen LogP contribution >= 0.6 is 23.4 Å². The van der Waals surface area contributed by atoms with Crippen molar-refractivity contribution in [3.05, 3.63) is 63.5 Å². The molecule has 0 unspecified atom stereocenters. The van der Waals surface area contributed by atoms with Crippen molar-refractivity contribution >= 4 is 34.3 Å². The lowest BCUT2D eigenvalue weighted by Crippen LogP contribution is -2.03. The van der Waals surface area contributed by atoms with Crippen LogP contribution in [0.15, 0.2) is 56.9 Å². The number of thioether (sulfide) groups is 1. The number of rotatable bonds is 4. The van der Waals surface area contributed by atoms with Crippen LogP contribution in [0.3, 0.4) is 0 Å². The first-order valence-corrected chi connectivity index (χ1v) is 7.89. The Morgan fingerprint density at radius 1 is 1.23 bits per heavy atom. The van der Waals surface area contributed by atoms with Gasteiger partial charge in [-0.05, 0) is 29.8 Å². The maximum Gasteiger partial charge on any atom is 0.347 e. The van der Waals surface area contributed by atoms with Gasteiger partial charge in [0.05, 0.1) is 12.5 Å². The van der Waals surface area contributed by atoms with E-state index in [1.165, 1.54) is 11.8 Å². The van der Waals surface area contributed by atoms with Crippen LogP contribution < -0.4 is 10.4 Å². The van der Waals surface area contributed by atoms with E-state index in [9.17, 15) is 4.79 Å². The maximum atomic E-state index is 12.0. The Hall–Kier alpha value is -1.98. The van der Waals surface area contributed by atoms with Crippen LogP contribution in [0.1, 0.15) is 5.56 Å². The maximum absolute atomic E-state index is 12.0. The van der Waals surface area contributed by atoms with Gasteiger partial charge in [0.2, 0.25) is 0 Å². The number of benzene rings is 2. The largest absolute Gasteiger partial charge is 0.494 e. The summed E-state index contributed by atoms with van der Waals surface area (Å²) in [5.74, 6) is 1.19. The van der Waals surface area contributed by atoms with Gasteiger partial charge >= 0.3 is 5.63 Å². The van der Waals surface area contributed by atoms with Crippen molar-refractivity contribution in [2.75, 3.05) is 7.11 Å². The highest BCUT2D eigenvalue weighted by Crippen LogP contribution is 2.26. The Morgan fingerprint density at radius 2 is 2.00 bits per heavy atom. The Kier molecular flexibility index (Phi) is 4.36. The van der Waals surface area contributed by atoms with Crippen LogP contribution in [0.2, 0.25) is 5.02 Å². The van der Waals surface area contributed by atoms with Crippen LogP contribution in [-0.2, 0) is 5.75 Å². The summed E-state index contributed by atoms with van der Waals surface area (Å²) in [6.07, 6.45) is 0. The summed E-state index contributed by atoms with van der Waals surface area (Å²) in [6.45, 7) is 0. The van der Waals surface area contributed by atoms with Crippen LogP contribution in [-0.4, -0.2) is 12.1 Å². The minimum absolute atomic E-state index is 0.317. The Balaban J connectivity index is 1.91. The normalized spacial score (nSPS) is 10.8. The number of para-hydroxylation sites is 1. The van der Waals surface area contributed by atoms with Crippen molar-refractivity contribution in [1.82, 2.24) is 4.98 Å². The van der Waals surface area contributed by atoms with Gasteiger partial charge in [-0.3, -0.25) is 0 Å². The number of hydrogen-bond donors (Lipinski definition) is 0. The second kappa shape index (κ2) is 6.42. The highest BCUT2D eigenvalue weighted by Gasteiger charge is 2.11. The molecule has 3 rings (SSSR count). The molecule has 0 saturated heterocycles. The van der Waals surface area contributed by atoms with Crippen molar-refractivity contribution in [3.63, 3.8) is 0 Å². The van der Waals surface area contributed by atoms with E-state index in [-0.39, 0.29) is 0 Å². The molecule has 3 aromatic rings. The number of nitrogens with zero attached hydrogens (tertiary/aromatic N) is 1. The van der Waals surface area contributed by atoms with Gasteiger partial charge in [0.25, 0.3) is 5.22 Å². The number of ether oxygens (including phenoxy) is 1. The number of hydrogen-bond acceptors (Lipinski definition) is 5. The number of methoxy groups -OCH3 is 1. The van der Waals surface area contributed by atoms with Crippen LogP contribution in [0.5, 0.6) is 5.75 Å². The molecule has 0 spiro atoms. The fourth-order valence-electron chi connectivity index (χ4n) is 2.00. The molecule has 0 aliphatic carbocycles. The standard InChI is InChI=1S/C16H12ClNO3S/c1-20-13-4-2-3-12-14(13)18-16(21-15(12)19)22-9-10-5-7-11(17)8-6-10/h2-8H,9H2,1H3. The molecular formula is C16H12ClNO3S. The molecule has 0 N–H and O–H groups in total. The van der Waals surface area contributed by atoms with E-state index < -0.39 is 5.63 Å². The van der Waals surface area contributed by atoms with Crippen LogP contribution in [0, 0.1) is 0 Å². The topological polar surface area (TPSA) is 52.3 Å². The Labute approximate surface area is 136 Å². The lowest BCUT2D eigenvalue weighted by molar-refractivity contribution is 0.393. The molecule has 0 atom stereocenters. The summed E-state index contributed by atoms with van der Waals surface area (Å²) >= 11 is 7.21. The highest BCUT2D eigenvalue weighted by molar-refractivity contribution is 7.98. The van der Waals surface area contributed by atoms with E-state index in [2.05, 4.69) is 4.98 Å². The van der Waals surface area contributed by atoms with Crippen molar-refractivity contribution in [1.29, 1.82) is 0 Å². The predicted molar refractivity (Wildman–Crippen MR) is 87.8 cm³/mol. The number of halogens is 1. The molecule has 0 bridgehead atoms. The molecule has 0 aliphatic heterocycles. The smallest absolute Gasteiger partial charge is 0.347 e. The molecule has 0 amide bonds. The van der Waals surface area contributed by atoms with Gasteiger partial charge < -0.3 is 9.15 Å². The summed E-state index contributed by atoms with van der Waals surface area (Å²) in [5.41, 5.74) is 1.17. The molecular weight excluding hydrogens is 322 g/mol. The molecule has 0 saturated carbocycles. The van der Waals surface area contributed by atoms with Gasteiger partial charge in [-0.1, -0.05) is 41.6 Å². The number of fused-ring (bicyclic) bond motifs is 1. The van der Waals surface area contributed by atoms with E-state index in [1.807, 2.05) is 24.3 Å². The zero-order chi connectivity index (χ0) is 15.5. The molecule has 4 nitrogen and oxygen atoms in total. The van der Waals surface area contributed by atoms with Gasteiger partial charge in [-0.25, -0.2) is 9.78 Å². The Morgan fingerprint density at radius 3 is 2.73 bits per heavy atom. The van der Waals surface area contributed by atoms with Gasteiger partial charge in [0.15, 0.2) is 0 Å². The summed E-state index contributed by atoms with van der Waals surface area (Å²) in [7, 11) is 1.55. The van der Waals surface area contributed by atoms with Gasteiger partial charge in [0, 0.05) is 10.8 Å². The quantitative estimate of drug-likeness (QED) is 0.671. The SMILES string of the molecule is COc1cccc2c(=O)oc(SCc3ccc(Cl)cc3)nc12. The van der Waals surface area contributed by atoms with E-state index in [4.69, 9.17) is 20.8 Å². The fraction of sp³-hybridized carbons (Fsp3) is 0.125. The summed E-state index contributed by atoms with van der Waals surface area (Å²) < 4.78 is 10.5. The van der Waals surface area contributed by atoms with Crippen LogP contribution in [0.25, 0.3) is 10.9 Å². The first kappa shape index (κ1) is 14.9. The predicted octanol–water partition coefficient (Wildman–Crippen LogP) is 4.14. The molecule has 0 aliphatic rings. The second-order valence-corrected chi connectivity index (χ2v) is 5.90. The van der Waals surface area contributed by atoms with Gasteiger partial charge in [-0.2, -0.15) is 0 Å². The molecule has 22 heavy (non-hydrogen) atoms. The second-order valence-electron chi connectivity index (χ2n) is 4.54. The average molecular weight is 334 g/mol. The Bertz CT molecular complexity index is 861. The average Bonchev–Trinajstić information content (AvgIpc) is 2.54. The highest BCUT2D eigenvalue weighted by atomic mass is 35.5. The third-order valence-electron chi connectivity index (χ3n) is 3.10. The van der Waals surface area contributed by atoms with Crippen molar-refractivity contribution in [2.45, 2.75) is 11.0 Å². The molecule has 112 valence electrons. The fourth-order valence-corrected chi connectivity index (χ4v) is 2.90. The summed E-state index contributed by atoms with van der Waals surface area (Å²) in [5, 5.41) is 1.42. The minimum Gasteiger partial charge on any atom is -0.494 e.